The highest BCUT2D eigenvalue weighted by Crippen LogP contribution is 2.30. The van der Waals surface area contributed by atoms with Crippen LogP contribution in [-0.2, 0) is 9.05 Å². The van der Waals surface area contributed by atoms with Crippen LogP contribution in [0, 0.1) is 0 Å². The Bertz CT molecular complexity index is 584. The minimum atomic E-state index is -3.89. The Balaban J connectivity index is 2.81. The Morgan fingerprint density at radius 2 is 2.07 bits per heavy atom. The Hall–Kier alpha value is -1.20. The molecular weight excluding hydrogens is 228 g/mol. The molecule has 0 aliphatic rings. The fourth-order valence-electron chi connectivity index (χ4n) is 1.14. The quantitative estimate of drug-likeness (QED) is 0.765. The summed E-state index contributed by atoms with van der Waals surface area (Å²) >= 11 is 0. The summed E-state index contributed by atoms with van der Waals surface area (Å²) in [5, 5.41) is 9.44. The molecule has 2 rings (SSSR count). The van der Waals surface area contributed by atoms with E-state index in [1.54, 1.807) is 12.1 Å². The van der Waals surface area contributed by atoms with E-state index in [2.05, 4.69) is 0 Å². The monoisotopic (exact) mass is 232 g/mol. The molecule has 0 aliphatic carbocycles. The maximum Gasteiger partial charge on any atom is 0.294 e. The third kappa shape index (κ3) is 1.44. The second kappa shape index (κ2) is 2.90. The van der Waals surface area contributed by atoms with Gasteiger partial charge in [0.1, 0.15) is 0 Å². The normalized spacial score (nSPS) is 12.1. The molecule has 0 amide bonds. The lowest BCUT2D eigenvalue weighted by atomic mass is 10.2. The van der Waals surface area contributed by atoms with Gasteiger partial charge >= 0.3 is 0 Å². The average Bonchev–Trinajstić information content (AvgIpc) is 2.48. The lowest BCUT2D eigenvalue weighted by molar-refractivity contribution is 0.441. The molecule has 0 fully saturated rings. The fraction of sp³-hybridized carbons (Fsp3) is 0. The van der Waals surface area contributed by atoms with E-state index in [0.717, 1.165) is 0 Å². The lowest BCUT2D eigenvalue weighted by Gasteiger charge is -1.90. The highest BCUT2D eigenvalue weighted by atomic mass is 35.7. The van der Waals surface area contributed by atoms with E-state index in [-0.39, 0.29) is 16.4 Å². The first kappa shape index (κ1) is 9.36. The molecular formula is C8H5ClO4S. The zero-order chi connectivity index (χ0) is 10.3. The van der Waals surface area contributed by atoms with Gasteiger partial charge in [0, 0.05) is 22.1 Å². The van der Waals surface area contributed by atoms with Crippen LogP contribution in [0.3, 0.4) is 0 Å². The molecule has 0 saturated heterocycles. The van der Waals surface area contributed by atoms with Gasteiger partial charge in [0.2, 0.25) is 5.09 Å². The summed E-state index contributed by atoms with van der Waals surface area (Å²) in [6.07, 6.45) is 0. The number of hydrogen-bond donors (Lipinski definition) is 1. The maximum atomic E-state index is 10.9. The van der Waals surface area contributed by atoms with Crippen molar-refractivity contribution in [2.24, 2.45) is 0 Å². The molecule has 1 aromatic carbocycles. The van der Waals surface area contributed by atoms with Crippen LogP contribution in [0.5, 0.6) is 5.75 Å². The van der Waals surface area contributed by atoms with Crippen LogP contribution in [0.1, 0.15) is 0 Å². The lowest BCUT2D eigenvalue weighted by Crippen LogP contribution is -1.84. The molecule has 6 heteroatoms. The Morgan fingerprint density at radius 1 is 1.36 bits per heavy atom. The van der Waals surface area contributed by atoms with Crippen molar-refractivity contribution in [3.05, 3.63) is 24.3 Å². The number of halogens is 1. The molecule has 1 aromatic heterocycles. The summed E-state index contributed by atoms with van der Waals surface area (Å²) in [6, 6.07) is 5.86. The van der Waals surface area contributed by atoms with E-state index < -0.39 is 9.05 Å². The first-order valence-corrected chi connectivity index (χ1v) is 5.95. The van der Waals surface area contributed by atoms with Crippen molar-refractivity contribution in [3.8, 4) is 5.75 Å². The summed E-state index contributed by atoms with van der Waals surface area (Å²) < 4.78 is 26.7. The van der Waals surface area contributed by atoms with Crippen molar-refractivity contribution in [1.29, 1.82) is 0 Å². The summed E-state index contributed by atoms with van der Waals surface area (Å²) in [5.41, 5.74) is 0.117. The number of hydrogen-bond acceptors (Lipinski definition) is 4. The minimum Gasteiger partial charge on any atom is -0.504 e. The number of furan rings is 1. The van der Waals surface area contributed by atoms with Crippen LogP contribution < -0.4 is 0 Å². The van der Waals surface area contributed by atoms with E-state index in [1.165, 1.54) is 12.1 Å². The predicted molar refractivity (Wildman–Crippen MR) is 50.9 cm³/mol. The number of benzene rings is 1. The van der Waals surface area contributed by atoms with Gasteiger partial charge in [0.25, 0.3) is 9.05 Å². The molecule has 0 saturated carbocycles. The third-order valence-corrected chi connectivity index (χ3v) is 2.88. The van der Waals surface area contributed by atoms with E-state index in [4.69, 9.17) is 15.1 Å². The zero-order valence-corrected chi connectivity index (χ0v) is 8.34. The van der Waals surface area contributed by atoms with Crippen LogP contribution in [0.25, 0.3) is 11.0 Å². The van der Waals surface area contributed by atoms with Crippen molar-refractivity contribution >= 4 is 30.7 Å². The van der Waals surface area contributed by atoms with Gasteiger partial charge in [-0.2, -0.15) is 0 Å². The molecule has 0 radical (unpaired) electrons. The second-order valence-corrected chi connectivity index (χ2v) is 5.20. The van der Waals surface area contributed by atoms with E-state index >= 15 is 0 Å². The zero-order valence-electron chi connectivity index (χ0n) is 6.77. The number of fused-ring (bicyclic) bond motifs is 1. The maximum absolute atomic E-state index is 10.9. The smallest absolute Gasteiger partial charge is 0.294 e. The first-order valence-electron chi connectivity index (χ1n) is 3.64. The number of phenolic OH excluding ortho intramolecular Hbond substituents is 1. The van der Waals surface area contributed by atoms with Crippen molar-refractivity contribution in [2.45, 2.75) is 5.09 Å². The highest BCUT2D eigenvalue weighted by molar-refractivity contribution is 8.13. The molecule has 1 N–H and O–H groups in total. The molecule has 74 valence electrons. The van der Waals surface area contributed by atoms with Gasteiger partial charge in [0.15, 0.2) is 11.3 Å². The van der Waals surface area contributed by atoms with Gasteiger partial charge in [-0.05, 0) is 6.07 Å². The molecule has 1 heterocycles. The van der Waals surface area contributed by atoms with E-state index in [9.17, 15) is 13.5 Å². The number of aromatic hydroxyl groups is 1. The Morgan fingerprint density at radius 3 is 2.64 bits per heavy atom. The van der Waals surface area contributed by atoms with Crippen molar-refractivity contribution in [2.75, 3.05) is 0 Å². The van der Waals surface area contributed by atoms with Crippen LogP contribution in [-0.4, -0.2) is 13.5 Å². The number of rotatable bonds is 1. The molecule has 4 nitrogen and oxygen atoms in total. The van der Waals surface area contributed by atoms with Crippen LogP contribution >= 0.6 is 10.7 Å². The van der Waals surface area contributed by atoms with Crippen LogP contribution in [0.2, 0.25) is 0 Å². The summed E-state index contributed by atoms with van der Waals surface area (Å²) in [6.45, 7) is 0. The molecule has 2 aromatic rings. The summed E-state index contributed by atoms with van der Waals surface area (Å²) in [4.78, 5) is 0. The SMILES string of the molecule is O=S(=O)(Cl)c1cc2cccc(O)c2o1. The number of phenols is 1. The first-order chi connectivity index (χ1) is 6.48. The molecule has 0 aliphatic heterocycles. The summed E-state index contributed by atoms with van der Waals surface area (Å²) in [5.74, 6) is -0.117. The van der Waals surface area contributed by atoms with Gasteiger partial charge in [-0.15, -0.1) is 0 Å². The van der Waals surface area contributed by atoms with Crippen LogP contribution in [0.15, 0.2) is 33.8 Å². The van der Waals surface area contributed by atoms with E-state index in [1.807, 2.05) is 0 Å². The van der Waals surface area contributed by atoms with Crippen molar-refractivity contribution < 1.29 is 17.9 Å². The third-order valence-electron chi connectivity index (χ3n) is 1.74. The standard InChI is InChI=1S/C8H5ClO4S/c9-14(11,12)7-4-5-2-1-3-6(10)8(5)13-7/h1-4,10H. The van der Waals surface area contributed by atoms with Gasteiger partial charge in [0.05, 0.1) is 0 Å². The predicted octanol–water partition coefficient (Wildman–Crippen LogP) is 2.07. The minimum absolute atomic E-state index is 0.117. The van der Waals surface area contributed by atoms with Gasteiger partial charge < -0.3 is 9.52 Å². The second-order valence-electron chi connectivity index (χ2n) is 2.70. The molecule has 0 atom stereocenters. The van der Waals surface area contributed by atoms with Crippen LogP contribution in [0.4, 0.5) is 0 Å². The molecule has 14 heavy (non-hydrogen) atoms. The number of para-hydroxylation sites is 1. The molecule has 0 unspecified atom stereocenters. The van der Waals surface area contributed by atoms with Gasteiger partial charge in [-0.3, -0.25) is 0 Å². The van der Waals surface area contributed by atoms with Crippen molar-refractivity contribution in [1.82, 2.24) is 0 Å². The van der Waals surface area contributed by atoms with Crippen molar-refractivity contribution in [3.63, 3.8) is 0 Å². The topological polar surface area (TPSA) is 67.5 Å². The molecule has 0 bridgehead atoms. The van der Waals surface area contributed by atoms with Gasteiger partial charge in [-0.1, -0.05) is 12.1 Å². The fourth-order valence-corrected chi connectivity index (χ4v) is 1.82. The summed E-state index contributed by atoms with van der Waals surface area (Å²) in [7, 11) is 1.19. The highest BCUT2D eigenvalue weighted by Gasteiger charge is 2.17. The average molecular weight is 233 g/mol. The van der Waals surface area contributed by atoms with E-state index in [0.29, 0.717) is 5.39 Å². The largest absolute Gasteiger partial charge is 0.504 e. The van der Waals surface area contributed by atoms with Gasteiger partial charge in [-0.25, -0.2) is 8.42 Å². The molecule has 0 spiro atoms. The Kier molecular flexibility index (Phi) is 1.94. The Labute approximate surface area is 84.1 Å².